The molecule has 0 aliphatic carbocycles. The zero-order valence-electron chi connectivity index (χ0n) is 12.9. The number of anilines is 1. The van der Waals surface area contributed by atoms with Crippen molar-refractivity contribution in [2.75, 3.05) is 5.32 Å². The minimum atomic E-state index is -1.36. The predicted molar refractivity (Wildman–Crippen MR) is 79.8 cm³/mol. The van der Waals surface area contributed by atoms with Gasteiger partial charge in [-0.05, 0) is 45.3 Å². The maximum absolute atomic E-state index is 13.5. The third kappa shape index (κ3) is 4.52. The molecule has 3 N–H and O–H groups in total. The zero-order chi connectivity index (χ0) is 16.4. The molecule has 1 rings (SSSR count). The highest BCUT2D eigenvalue weighted by Crippen LogP contribution is 2.25. The van der Waals surface area contributed by atoms with Crippen molar-refractivity contribution >= 4 is 24.2 Å². The highest BCUT2D eigenvalue weighted by atomic mass is 19.1. The lowest BCUT2D eigenvalue weighted by molar-refractivity contribution is -0.114. The lowest BCUT2D eigenvalue weighted by Crippen LogP contribution is -2.53. The van der Waals surface area contributed by atoms with Crippen LogP contribution in [0, 0.1) is 5.82 Å². The Balaban J connectivity index is 2.98. The lowest BCUT2D eigenvalue weighted by atomic mass is 9.76. The summed E-state index contributed by atoms with van der Waals surface area (Å²) in [5.41, 5.74) is -1.98. The zero-order valence-corrected chi connectivity index (χ0v) is 12.9. The van der Waals surface area contributed by atoms with Crippen LogP contribution in [0.1, 0.15) is 34.6 Å². The highest BCUT2D eigenvalue weighted by Gasteiger charge is 2.39. The number of hydrogen-bond acceptors (Lipinski definition) is 4. The molecule has 7 heteroatoms. The van der Waals surface area contributed by atoms with Gasteiger partial charge in [0.05, 0.1) is 16.9 Å². The molecule has 0 spiro atoms. The van der Waals surface area contributed by atoms with Gasteiger partial charge < -0.3 is 20.1 Å². The second kappa shape index (κ2) is 6.13. The second-order valence-electron chi connectivity index (χ2n) is 5.96. The highest BCUT2D eigenvalue weighted by molar-refractivity contribution is 6.60. The van der Waals surface area contributed by atoms with E-state index in [0.29, 0.717) is 0 Å². The van der Waals surface area contributed by atoms with Crippen LogP contribution in [0.25, 0.3) is 0 Å². The van der Waals surface area contributed by atoms with Crippen molar-refractivity contribution in [2.45, 2.75) is 45.8 Å². The summed E-state index contributed by atoms with van der Waals surface area (Å²) in [6.07, 6.45) is 0. The molecule has 5 nitrogen and oxygen atoms in total. The molecule has 21 heavy (non-hydrogen) atoms. The minimum absolute atomic E-state index is 0.0382. The molecule has 0 bridgehead atoms. The van der Waals surface area contributed by atoms with Crippen LogP contribution in [-0.2, 0) is 9.45 Å². The van der Waals surface area contributed by atoms with Crippen molar-refractivity contribution in [1.82, 2.24) is 0 Å². The number of hydrogen-bond donors (Lipinski definition) is 3. The molecular formula is C14H21BFNO4. The quantitative estimate of drug-likeness (QED) is 0.710. The Bertz CT molecular complexity index is 528. The topological polar surface area (TPSA) is 78.8 Å². The third-order valence-corrected chi connectivity index (χ3v) is 3.47. The van der Waals surface area contributed by atoms with E-state index in [0.717, 1.165) is 6.07 Å². The minimum Gasteiger partial charge on any atom is -0.423 e. The molecule has 1 aromatic carbocycles. The summed E-state index contributed by atoms with van der Waals surface area (Å²) in [6.45, 7) is 7.65. The van der Waals surface area contributed by atoms with Crippen LogP contribution in [0.15, 0.2) is 18.2 Å². The molecule has 0 unspecified atom stereocenters. The Morgan fingerprint density at radius 1 is 1.33 bits per heavy atom. The van der Waals surface area contributed by atoms with Crippen molar-refractivity contribution in [3.05, 3.63) is 24.0 Å². The summed E-state index contributed by atoms with van der Waals surface area (Å²) in [5.74, 6) is -1.03. The summed E-state index contributed by atoms with van der Waals surface area (Å²) >= 11 is 0. The average molecular weight is 297 g/mol. The molecule has 0 atom stereocenters. The molecule has 0 saturated carbocycles. The number of carbonyl (C=O) groups is 1. The maximum Gasteiger partial charge on any atom is 0.491 e. The van der Waals surface area contributed by atoms with Crippen molar-refractivity contribution < 1.29 is 24.0 Å². The van der Waals surface area contributed by atoms with Crippen LogP contribution < -0.4 is 10.8 Å². The molecule has 0 radical (unpaired) electrons. The fourth-order valence-electron chi connectivity index (χ4n) is 1.47. The van der Waals surface area contributed by atoms with Gasteiger partial charge in [0.1, 0.15) is 5.82 Å². The number of halogens is 1. The van der Waals surface area contributed by atoms with E-state index in [4.69, 9.17) is 4.65 Å². The molecule has 116 valence electrons. The Hall–Kier alpha value is -1.44. The van der Waals surface area contributed by atoms with Gasteiger partial charge in [0, 0.05) is 6.92 Å². The maximum atomic E-state index is 13.5. The van der Waals surface area contributed by atoms with Gasteiger partial charge in [-0.2, -0.15) is 0 Å². The molecular weight excluding hydrogens is 276 g/mol. The second-order valence-corrected chi connectivity index (χ2v) is 5.96. The standard InChI is InChI=1S/C14H21BFNO4/c1-9(18)17-12-8-10(6-7-11(12)16)15(20)21-14(4,5)13(2,3)19/h6-8,19-20H,1-5H3,(H,17,18). The van der Waals surface area contributed by atoms with Crippen molar-refractivity contribution in [1.29, 1.82) is 0 Å². The summed E-state index contributed by atoms with van der Waals surface area (Å²) in [6, 6.07) is 3.78. The number of carbonyl (C=O) groups excluding carboxylic acids is 1. The molecule has 0 aliphatic heterocycles. The van der Waals surface area contributed by atoms with E-state index in [2.05, 4.69) is 5.32 Å². The molecule has 0 heterocycles. The Labute approximate surface area is 124 Å². The normalized spacial score (nSPS) is 12.2. The first-order valence-electron chi connectivity index (χ1n) is 6.59. The van der Waals surface area contributed by atoms with Gasteiger partial charge in [-0.15, -0.1) is 0 Å². The Morgan fingerprint density at radius 2 is 1.90 bits per heavy atom. The molecule has 0 fully saturated rings. The third-order valence-electron chi connectivity index (χ3n) is 3.47. The number of amides is 1. The van der Waals surface area contributed by atoms with E-state index in [1.807, 2.05) is 0 Å². The number of benzene rings is 1. The number of rotatable bonds is 5. The Morgan fingerprint density at radius 3 is 2.38 bits per heavy atom. The van der Waals surface area contributed by atoms with E-state index in [9.17, 15) is 19.3 Å². The van der Waals surface area contributed by atoms with E-state index in [-0.39, 0.29) is 11.2 Å². The van der Waals surface area contributed by atoms with Crippen LogP contribution in [0.3, 0.4) is 0 Å². The van der Waals surface area contributed by atoms with Crippen LogP contribution in [0.5, 0.6) is 0 Å². The summed E-state index contributed by atoms with van der Waals surface area (Å²) < 4.78 is 19.0. The number of nitrogens with one attached hydrogen (secondary N) is 1. The fraction of sp³-hybridized carbons (Fsp3) is 0.500. The SMILES string of the molecule is CC(=O)Nc1cc(B(O)OC(C)(C)C(C)(C)O)ccc1F. The monoisotopic (exact) mass is 297 g/mol. The van der Waals surface area contributed by atoms with Crippen LogP contribution in [0.2, 0.25) is 0 Å². The van der Waals surface area contributed by atoms with Gasteiger partial charge >= 0.3 is 7.12 Å². The fourth-order valence-corrected chi connectivity index (χ4v) is 1.47. The van der Waals surface area contributed by atoms with Gasteiger partial charge in [-0.25, -0.2) is 4.39 Å². The average Bonchev–Trinajstić information content (AvgIpc) is 2.29. The molecule has 0 aliphatic rings. The largest absolute Gasteiger partial charge is 0.491 e. The predicted octanol–water partition coefficient (Wildman–Crippen LogP) is 1.04. The van der Waals surface area contributed by atoms with E-state index < -0.39 is 30.0 Å². The van der Waals surface area contributed by atoms with Gasteiger partial charge in [-0.3, -0.25) is 4.79 Å². The first-order valence-corrected chi connectivity index (χ1v) is 6.59. The van der Waals surface area contributed by atoms with Crippen LogP contribution in [-0.4, -0.2) is 34.4 Å². The van der Waals surface area contributed by atoms with Gasteiger partial charge in [-0.1, -0.05) is 6.07 Å². The van der Waals surface area contributed by atoms with E-state index in [1.165, 1.54) is 19.1 Å². The summed E-state index contributed by atoms with van der Waals surface area (Å²) in [7, 11) is -1.36. The first-order chi connectivity index (χ1) is 9.44. The molecule has 1 amide bonds. The number of aliphatic hydroxyl groups is 1. The van der Waals surface area contributed by atoms with Gasteiger partial charge in [0.25, 0.3) is 0 Å². The van der Waals surface area contributed by atoms with Crippen molar-refractivity contribution in [2.24, 2.45) is 0 Å². The molecule has 0 saturated heterocycles. The summed E-state index contributed by atoms with van der Waals surface area (Å²) in [4.78, 5) is 11.0. The van der Waals surface area contributed by atoms with Gasteiger partial charge in [0.2, 0.25) is 5.91 Å². The van der Waals surface area contributed by atoms with Crippen LogP contribution in [0.4, 0.5) is 10.1 Å². The Kier molecular flexibility index (Phi) is 5.14. The van der Waals surface area contributed by atoms with Crippen LogP contribution >= 0.6 is 0 Å². The first kappa shape index (κ1) is 17.6. The molecule has 1 aromatic rings. The van der Waals surface area contributed by atoms with Crippen molar-refractivity contribution in [3.8, 4) is 0 Å². The van der Waals surface area contributed by atoms with Crippen molar-refractivity contribution in [3.63, 3.8) is 0 Å². The van der Waals surface area contributed by atoms with E-state index >= 15 is 0 Å². The molecule has 0 aromatic heterocycles. The smallest absolute Gasteiger partial charge is 0.423 e. The lowest BCUT2D eigenvalue weighted by Gasteiger charge is -2.38. The van der Waals surface area contributed by atoms with Gasteiger partial charge in [0.15, 0.2) is 0 Å². The van der Waals surface area contributed by atoms with E-state index in [1.54, 1.807) is 27.7 Å². The summed E-state index contributed by atoms with van der Waals surface area (Å²) in [5, 5.41) is 22.4.